The first-order valence-corrected chi connectivity index (χ1v) is 6.62. The van der Waals surface area contributed by atoms with Gasteiger partial charge in [0.15, 0.2) is 0 Å². The van der Waals surface area contributed by atoms with Crippen molar-refractivity contribution < 1.29 is 8.85 Å². The van der Waals surface area contributed by atoms with Crippen LogP contribution in [0.1, 0.15) is 23.6 Å². The third kappa shape index (κ3) is 3.02. The topological polar surface area (TPSA) is 18.5 Å². The molecular formula is C12H18O2Si. The molecule has 1 rings (SSSR count). The van der Waals surface area contributed by atoms with Gasteiger partial charge >= 0.3 is 9.28 Å². The minimum Gasteiger partial charge on any atom is -0.400 e. The minimum atomic E-state index is -1.56. The molecule has 0 aromatic heterocycles. The Morgan fingerprint density at radius 3 is 2.13 bits per heavy atom. The van der Waals surface area contributed by atoms with Crippen LogP contribution in [0.4, 0.5) is 0 Å². The molecule has 0 fully saturated rings. The molecule has 3 heteroatoms. The van der Waals surface area contributed by atoms with Gasteiger partial charge in [0, 0.05) is 19.8 Å². The van der Waals surface area contributed by atoms with Gasteiger partial charge in [-0.15, -0.1) is 0 Å². The van der Waals surface area contributed by atoms with Crippen molar-refractivity contribution in [3.8, 4) is 0 Å². The standard InChI is InChI=1S/C12H18O2Si/c1-5-11-6-8-12(9-7-11)10(2)15(13-3)14-4/h5-10,15H,1H2,2-4H3. The van der Waals surface area contributed by atoms with Crippen LogP contribution in [-0.2, 0) is 8.85 Å². The van der Waals surface area contributed by atoms with Crippen molar-refractivity contribution in [1.82, 2.24) is 0 Å². The Kier molecular flexibility index (Phi) is 4.75. The maximum atomic E-state index is 5.37. The van der Waals surface area contributed by atoms with Crippen LogP contribution in [0.25, 0.3) is 6.08 Å². The van der Waals surface area contributed by atoms with Crippen LogP contribution < -0.4 is 0 Å². The summed E-state index contributed by atoms with van der Waals surface area (Å²) in [4.78, 5) is 0. The van der Waals surface area contributed by atoms with E-state index in [1.807, 2.05) is 6.08 Å². The van der Waals surface area contributed by atoms with Gasteiger partial charge in [-0.05, 0) is 11.1 Å². The summed E-state index contributed by atoms with van der Waals surface area (Å²) in [6, 6.07) is 8.35. The molecule has 0 radical (unpaired) electrons. The van der Waals surface area contributed by atoms with Crippen LogP contribution in [0.15, 0.2) is 30.8 Å². The van der Waals surface area contributed by atoms with Crippen LogP contribution in [0.3, 0.4) is 0 Å². The van der Waals surface area contributed by atoms with E-state index in [9.17, 15) is 0 Å². The van der Waals surface area contributed by atoms with Crippen LogP contribution in [0.2, 0.25) is 0 Å². The molecule has 82 valence electrons. The molecule has 0 aliphatic rings. The van der Waals surface area contributed by atoms with Gasteiger partial charge in [-0.2, -0.15) is 0 Å². The van der Waals surface area contributed by atoms with Gasteiger partial charge in [0.25, 0.3) is 0 Å². The van der Waals surface area contributed by atoms with Gasteiger partial charge in [0.2, 0.25) is 0 Å². The van der Waals surface area contributed by atoms with Gasteiger partial charge in [0.1, 0.15) is 0 Å². The second-order valence-electron chi connectivity index (χ2n) is 3.50. The fraction of sp³-hybridized carbons (Fsp3) is 0.333. The van der Waals surface area contributed by atoms with Gasteiger partial charge in [0.05, 0.1) is 0 Å². The first-order valence-electron chi connectivity index (χ1n) is 5.01. The van der Waals surface area contributed by atoms with Crippen LogP contribution >= 0.6 is 0 Å². The van der Waals surface area contributed by atoms with Crippen molar-refractivity contribution in [3.05, 3.63) is 42.0 Å². The Morgan fingerprint density at radius 2 is 1.73 bits per heavy atom. The molecule has 1 atom stereocenters. The highest BCUT2D eigenvalue weighted by molar-refractivity contribution is 6.46. The highest BCUT2D eigenvalue weighted by atomic mass is 28.3. The Hall–Kier alpha value is -0.903. The molecular weight excluding hydrogens is 204 g/mol. The highest BCUT2D eigenvalue weighted by Crippen LogP contribution is 2.19. The minimum absolute atomic E-state index is 0.360. The first kappa shape index (κ1) is 12.2. The molecule has 0 N–H and O–H groups in total. The number of benzene rings is 1. The van der Waals surface area contributed by atoms with E-state index < -0.39 is 9.28 Å². The first-order chi connectivity index (χ1) is 7.22. The zero-order valence-electron chi connectivity index (χ0n) is 9.57. The second-order valence-corrected chi connectivity index (χ2v) is 6.18. The molecule has 2 nitrogen and oxygen atoms in total. The third-order valence-electron chi connectivity index (χ3n) is 2.57. The van der Waals surface area contributed by atoms with Crippen molar-refractivity contribution in [1.29, 1.82) is 0 Å². The summed E-state index contributed by atoms with van der Waals surface area (Å²) in [6.45, 7) is 5.88. The molecule has 0 saturated heterocycles. The quantitative estimate of drug-likeness (QED) is 0.713. The van der Waals surface area contributed by atoms with E-state index in [-0.39, 0.29) is 0 Å². The summed E-state index contributed by atoms with van der Waals surface area (Å²) < 4.78 is 10.7. The normalized spacial score (nSPS) is 12.8. The summed E-state index contributed by atoms with van der Waals surface area (Å²) >= 11 is 0. The van der Waals surface area contributed by atoms with Crippen molar-refractivity contribution >= 4 is 15.4 Å². The van der Waals surface area contributed by atoms with Crippen LogP contribution in [0, 0.1) is 0 Å². The van der Waals surface area contributed by atoms with E-state index in [0.717, 1.165) is 5.56 Å². The smallest absolute Gasteiger partial charge is 0.328 e. The average molecular weight is 222 g/mol. The third-order valence-corrected chi connectivity index (χ3v) is 4.70. The molecule has 0 bridgehead atoms. The zero-order chi connectivity index (χ0) is 11.3. The molecule has 0 spiro atoms. The van der Waals surface area contributed by atoms with Crippen molar-refractivity contribution in [3.63, 3.8) is 0 Å². The summed E-state index contributed by atoms with van der Waals surface area (Å²) in [5.74, 6) is 0. The predicted octanol–water partition coefficient (Wildman–Crippen LogP) is 2.49. The van der Waals surface area contributed by atoms with Gasteiger partial charge in [-0.3, -0.25) is 0 Å². The second kappa shape index (κ2) is 5.85. The van der Waals surface area contributed by atoms with E-state index in [1.54, 1.807) is 14.2 Å². The Morgan fingerprint density at radius 1 is 1.20 bits per heavy atom. The monoisotopic (exact) mass is 222 g/mol. The van der Waals surface area contributed by atoms with E-state index >= 15 is 0 Å². The van der Waals surface area contributed by atoms with Gasteiger partial charge < -0.3 is 8.85 Å². The molecule has 0 aliphatic carbocycles. The summed E-state index contributed by atoms with van der Waals surface area (Å²) in [6.07, 6.45) is 1.84. The van der Waals surface area contributed by atoms with Gasteiger partial charge in [-0.25, -0.2) is 0 Å². The fourth-order valence-electron chi connectivity index (χ4n) is 1.60. The maximum Gasteiger partial charge on any atom is 0.328 e. The van der Waals surface area contributed by atoms with Crippen molar-refractivity contribution in [2.24, 2.45) is 0 Å². The lowest BCUT2D eigenvalue weighted by atomic mass is 10.1. The summed E-state index contributed by atoms with van der Waals surface area (Å²) in [5, 5.41) is 0. The Labute approximate surface area is 93.4 Å². The van der Waals surface area contributed by atoms with E-state index in [2.05, 4.69) is 37.8 Å². The lowest BCUT2D eigenvalue weighted by Crippen LogP contribution is -2.26. The average Bonchev–Trinajstić information content (AvgIpc) is 2.30. The van der Waals surface area contributed by atoms with Crippen LogP contribution in [-0.4, -0.2) is 23.5 Å². The largest absolute Gasteiger partial charge is 0.400 e. The number of rotatable bonds is 5. The highest BCUT2D eigenvalue weighted by Gasteiger charge is 2.20. The molecule has 1 aromatic rings. The summed E-state index contributed by atoms with van der Waals surface area (Å²) in [7, 11) is 1.87. The molecule has 0 aliphatic heterocycles. The lowest BCUT2D eigenvalue weighted by molar-refractivity contribution is 0.269. The molecule has 15 heavy (non-hydrogen) atoms. The maximum absolute atomic E-state index is 5.37. The van der Waals surface area contributed by atoms with Crippen LogP contribution in [0.5, 0.6) is 0 Å². The zero-order valence-corrected chi connectivity index (χ0v) is 10.7. The number of hydrogen-bond acceptors (Lipinski definition) is 2. The van der Waals surface area contributed by atoms with Gasteiger partial charge in [-0.1, -0.05) is 43.8 Å². The molecule has 0 amide bonds. The van der Waals surface area contributed by atoms with Crippen molar-refractivity contribution in [2.45, 2.75) is 12.5 Å². The number of hydrogen-bond donors (Lipinski definition) is 0. The van der Waals surface area contributed by atoms with Crippen molar-refractivity contribution in [2.75, 3.05) is 14.2 Å². The van der Waals surface area contributed by atoms with E-state index in [1.165, 1.54) is 5.56 Å². The Bertz CT molecular complexity index is 304. The molecule has 1 unspecified atom stereocenters. The molecule has 0 saturated carbocycles. The summed E-state index contributed by atoms with van der Waals surface area (Å²) in [5.41, 5.74) is 2.76. The fourth-order valence-corrected chi connectivity index (χ4v) is 3.14. The predicted molar refractivity (Wildman–Crippen MR) is 66.1 cm³/mol. The molecule has 0 heterocycles. The Balaban J connectivity index is 2.81. The molecule has 1 aromatic carbocycles. The SMILES string of the molecule is C=Cc1ccc(C(C)[SiH](OC)OC)cc1. The lowest BCUT2D eigenvalue weighted by Gasteiger charge is -2.19. The van der Waals surface area contributed by atoms with E-state index in [4.69, 9.17) is 8.85 Å². The van der Waals surface area contributed by atoms with E-state index in [0.29, 0.717) is 5.54 Å².